The minimum Gasteiger partial charge on any atom is -0.454 e. The lowest BCUT2D eigenvalue weighted by molar-refractivity contribution is 0.249. The molecule has 0 aliphatic rings. The van der Waals surface area contributed by atoms with Crippen LogP contribution < -0.4 is 15.9 Å². The number of hydrazone groups is 1. The molecule has 0 bridgehead atoms. The van der Waals surface area contributed by atoms with E-state index in [9.17, 15) is 13.6 Å². The molecule has 2 amide bonds. The summed E-state index contributed by atoms with van der Waals surface area (Å²) < 4.78 is 31.7. The molecule has 0 saturated carbocycles. The molecule has 2 aromatic rings. The standard InChI is InChI=1S/C14H11F2N3O2/c15-10-3-6-12(16)13(7-10)21-11-4-1-9(2-5-11)8-18-19-14(17)20/h1-8H,(H3,17,19,20)/b18-8-. The fourth-order valence-corrected chi connectivity index (χ4v) is 1.47. The van der Waals surface area contributed by atoms with E-state index in [0.29, 0.717) is 11.3 Å². The van der Waals surface area contributed by atoms with Gasteiger partial charge in [-0.15, -0.1) is 0 Å². The highest BCUT2D eigenvalue weighted by molar-refractivity contribution is 5.81. The maximum absolute atomic E-state index is 13.4. The van der Waals surface area contributed by atoms with Crippen LogP contribution in [0.2, 0.25) is 0 Å². The van der Waals surface area contributed by atoms with Gasteiger partial charge in [0.05, 0.1) is 6.21 Å². The maximum Gasteiger partial charge on any atom is 0.332 e. The van der Waals surface area contributed by atoms with Crippen molar-refractivity contribution in [3.05, 3.63) is 59.7 Å². The van der Waals surface area contributed by atoms with Gasteiger partial charge in [-0.25, -0.2) is 19.0 Å². The normalized spacial score (nSPS) is 10.6. The van der Waals surface area contributed by atoms with Crippen molar-refractivity contribution in [3.63, 3.8) is 0 Å². The second kappa shape index (κ2) is 6.47. The lowest BCUT2D eigenvalue weighted by Gasteiger charge is -2.06. The highest BCUT2D eigenvalue weighted by Gasteiger charge is 2.06. The quantitative estimate of drug-likeness (QED) is 0.671. The number of amides is 2. The molecule has 5 nitrogen and oxygen atoms in total. The Morgan fingerprint density at radius 3 is 2.57 bits per heavy atom. The summed E-state index contributed by atoms with van der Waals surface area (Å²) in [5.41, 5.74) is 7.55. The van der Waals surface area contributed by atoms with Crippen LogP contribution in [0.4, 0.5) is 13.6 Å². The number of nitrogens with two attached hydrogens (primary N) is 1. The van der Waals surface area contributed by atoms with E-state index in [4.69, 9.17) is 10.5 Å². The van der Waals surface area contributed by atoms with Crippen LogP contribution in [0.15, 0.2) is 47.6 Å². The van der Waals surface area contributed by atoms with Gasteiger partial charge in [-0.3, -0.25) is 0 Å². The third-order valence-corrected chi connectivity index (χ3v) is 2.39. The molecule has 3 N–H and O–H groups in total. The Morgan fingerprint density at radius 2 is 1.90 bits per heavy atom. The van der Waals surface area contributed by atoms with Gasteiger partial charge in [0, 0.05) is 6.07 Å². The number of halogens is 2. The maximum atomic E-state index is 13.4. The summed E-state index contributed by atoms with van der Waals surface area (Å²) in [4.78, 5) is 10.4. The number of hydrogen-bond donors (Lipinski definition) is 2. The van der Waals surface area contributed by atoms with Crippen molar-refractivity contribution in [1.29, 1.82) is 0 Å². The Labute approximate surface area is 119 Å². The van der Waals surface area contributed by atoms with Gasteiger partial charge in [-0.05, 0) is 42.0 Å². The highest BCUT2D eigenvalue weighted by Crippen LogP contribution is 2.25. The van der Waals surface area contributed by atoms with E-state index in [-0.39, 0.29) is 5.75 Å². The summed E-state index contributed by atoms with van der Waals surface area (Å²) in [7, 11) is 0. The zero-order valence-corrected chi connectivity index (χ0v) is 10.7. The van der Waals surface area contributed by atoms with Gasteiger partial charge in [0.25, 0.3) is 0 Å². The van der Waals surface area contributed by atoms with Crippen LogP contribution >= 0.6 is 0 Å². The molecule has 0 heterocycles. The molecule has 108 valence electrons. The van der Waals surface area contributed by atoms with E-state index in [1.807, 2.05) is 5.43 Å². The van der Waals surface area contributed by atoms with E-state index >= 15 is 0 Å². The van der Waals surface area contributed by atoms with E-state index in [2.05, 4.69) is 5.10 Å². The summed E-state index contributed by atoms with van der Waals surface area (Å²) >= 11 is 0. The van der Waals surface area contributed by atoms with Gasteiger partial charge < -0.3 is 10.5 Å². The van der Waals surface area contributed by atoms with Crippen molar-refractivity contribution >= 4 is 12.2 Å². The van der Waals surface area contributed by atoms with Crippen LogP contribution in [0.25, 0.3) is 0 Å². The van der Waals surface area contributed by atoms with Crippen molar-refractivity contribution in [1.82, 2.24) is 5.43 Å². The summed E-state index contributed by atoms with van der Waals surface area (Å²) in [6.07, 6.45) is 1.37. The van der Waals surface area contributed by atoms with Crippen molar-refractivity contribution in [3.8, 4) is 11.5 Å². The number of benzene rings is 2. The number of rotatable bonds is 4. The van der Waals surface area contributed by atoms with Gasteiger partial charge in [-0.2, -0.15) is 5.10 Å². The molecule has 0 atom stereocenters. The third kappa shape index (κ3) is 4.27. The molecule has 2 aromatic carbocycles. The minimum atomic E-state index is -0.771. The Hall–Kier alpha value is -2.96. The predicted octanol–water partition coefficient (Wildman–Crippen LogP) is 2.76. The van der Waals surface area contributed by atoms with Crippen molar-refractivity contribution in [2.45, 2.75) is 0 Å². The molecule has 0 aromatic heterocycles. The van der Waals surface area contributed by atoms with Crippen LogP contribution in [0.5, 0.6) is 11.5 Å². The highest BCUT2D eigenvalue weighted by atomic mass is 19.1. The van der Waals surface area contributed by atoms with Gasteiger partial charge in [0.15, 0.2) is 11.6 Å². The largest absolute Gasteiger partial charge is 0.454 e. The Kier molecular flexibility index (Phi) is 4.45. The zero-order valence-electron chi connectivity index (χ0n) is 10.7. The van der Waals surface area contributed by atoms with Gasteiger partial charge in [0.2, 0.25) is 0 Å². The molecule has 0 unspecified atom stereocenters. The first-order valence-corrected chi connectivity index (χ1v) is 5.86. The number of nitrogens with zero attached hydrogens (tertiary/aromatic N) is 1. The van der Waals surface area contributed by atoms with Crippen LogP contribution in [0.3, 0.4) is 0 Å². The fourth-order valence-electron chi connectivity index (χ4n) is 1.47. The second-order valence-corrected chi connectivity index (χ2v) is 3.98. The van der Waals surface area contributed by atoms with Gasteiger partial charge >= 0.3 is 6.03 Å². The molecule has 0 spiro atoms. The Balaban J connectivity index is 2.07. The molecule has 0 fully saturated rings. The van der Waals surface area contributed by atoms with Crippen LogP contribution in [-0.4, -0.2) is 12.2 Å². The average molecular weight is 291 g/mol. The first-order chi connectivity index (χ1) is 10.0. The van der Waals surface area contributed by atoms with Crippen LogP contribution in [0, 0.1) is 11.6 Å². The predicted molar refractivity (Wildman–Crippen MR) is 73.2 cm³/mol. The van der Waals surface area contributed by atoms with Crippen molar-refractivity contribution < 1.29 is 18.3 Å². The summed E-state index contributed by atoms with van der Waals surface area (Å²) in [5, 5.41) is 3.58. The smallest absolute Gasteiger partial charge is 0.332 e. The number of hydrogen-bond acceptors (Lipinski definition) is 3. The number of carbonyl (C=O) groups excluding carboxylic acids is 1. The second-order valence-electron chi connectivity index (χ2n) is 3.98. The van der Waals surface area contributed by atoms with Crippen molar-refractivity contribution in [2.75, 3.05) is 0 Å². The number of primary amides is 1. The lowest BCUT2D eigenvalue weighted by Crippen LogP contribution is -2.24. The molecule has 0 saturated heterocycles. The van der Waals surface area contributed by atoms with Crippen molar-refractivity contribution in [2.24, 2.45) is 10.8 Å². The van der Waals surface area contributed by atoms with Gasteiger partial charge in [-0.1, -0.05) is 0 Å². The molecule has 7 heteroatoms. The lowest BCUT2D eigenvalue weighted by atomic mass is 10.2. The van der Waals surface area contributed by atoms with E-state index in [1.165, 1.54) is 6.21 Å². The number of carbonyl (C=O) groups is 1. The third-order valence-electron chi connectivity index (χ3n) is 2.39. The van der Waals surface area contributed by atoms with Gasteiger partial charge in [0.1, 0.15) is 11.6 Å². The minimum absolute atomic E-state index is 0.202. The molecular formula is C14H11F2N3O2. The SMILES string of the molecule is NC(=O)N/N=C\c1ccc(Oc2cc(F)ccc2F)cc1. The number of nitrogens with one attached hydrogen (secondary N) is 1. The molecule has 2 rings (SSSR count). The Morgan fingerprint density at radius 1 is 1.19 bits per heavy atom. The van der Waals surface area contributed by atoms with E-state index < -0.39 is 17.7 Å². The summed E-state index contributed by atoms with van der Waals surface area (Å²) in [5.74, 6) is -1.12. The van der Waals surface area contributed by atoms with E-state index in [1.54, 1.807) is 24.3 Å². The number of urea groups is 1. The first kappa shape index (κ1) is 14.4. The molecule has 0 aliphatic carbocycles. The summed E-state index contributed by atoms with van der Waals surface area (Å²) in [6, 6.07) is 8.53. The molecular weight excluding hydrogens is 280 g/mol. The summed E-state index contributed by atoms with van der Waals surface area (Å²) in [6.45, 7) is 0. The molecule has 0 aliphatic heterocycles. The topological polar surface area (TPSA) is 76.7 Å². The number of ether oxygens (including phenoxy) is 1. The molecule has 0 radical (unpaired) electrons. The van der Waals surface area contributed by atoms with Crippen LogP contribution in [-0.2, 0) is 0 Å². The average Bonchev–Trinajstić information content (AvgIpc) is 2.44. The zero-order chi connectivity index (χ0) is 15.2. The Bertz CT molecular complexity index is 672. The van der Waals surface area contributed by atoms with E-state index in [0.717, 1.165) is 18.2 Å². The molecule has 21 heavy (non-hydrogen) atoms. The monoisotopic (exact) mass is 291 g/mol. The fraction of sp³-hybridized carbons (Fsp3) is 0. The first-order valence-electron chi connectivity index (χ1n) is 5.86. The van der Waals surface area contributed by atoms with Crippen LogP contribution in [0.1, 0.15) is 5.56 Å².